The number of ether oxygens (including phenoxy) is 1. The summed E-state index contributed by atoms with van der Waals surface area (Å²) in [4.78, 5) is 19.6. The number of aromatic nitrogens is 2. The van der Waals surface area contributed by atoms with Crippen molar-refractivity contribution in [3.05, 3.63) is 46.3 Å². The number of nitrogens with two attached hydrogens (primary N) is 1. The lowest BCUT2D eigenvalue weighted by molar-refractivity contribution is 0.100. The van der Waals surface area contributed by atoms with Gasteiger partial charge in [-0.15, -0.1) is 0 Å². The minimum Gasteiger partial charge on any atom is -0.439 e. The first-order valence-electron chi connectivity index (χ1n) is 6.19. The summed E-state index contributed by atoms with van der Waals surface area (Å²) in [6.07, 6.45) is 1.75. The summed E-state index contributed by atoms with van der Waals surface area (Å²) in [7, 11) is 0. The average Bonchev–Trinajstić information content (AvgIpc) is 2.39. The van der Waals surface area contributed by atoms with E-state index in [2.05, 4.69) is 32.8 Å². The molecule has 1 aromatic carbocycles. The highest BCUT2D eigenvalue weighted by atomic mass is 79.9. The minimum absolute atomic E-state index is 0.438. The van der Waals surface area contributed by atoms with Gasteiger partial charge in [-0.1, -0.05) is 6.92 Å². The lowest BCUT2D eigenvalue weighted by Crippen LogP contribution is -2.10. The number of primary amides is 1. The van der Waals surface area contributed by atoms with Crippen LogP contribution in [-0.2, 0) is 6.42 Å². The summed E-state index contributed by atoms with van der Waals surface area (Å²) < 4.78 is 6.33. The molecule has 0 aliphatic heterocycles. The largest absolute Gasteiger partial charge is 0.439 e. The van der Waals surface area contributed by atoms with Gasteiger partial charge in [-0.25, -0.2) is 4.98 Å². The molecule has 0 saturated heterocycles. The van der Waals surface area contributed by atoms with Crippen LogP contribution < -0.4 is 10.5 Å². The van der Waals surface area contributed by atoms with Gasteiger partial charge in [0.15, 0.2) is 0 Å². The average molecular weight is 336 g/mol. The molecule has 0 fully saturated rings. The summed E-state index contributed by atoms with van der Waals surface area (Å²) in [6.45, 7) is 2.06. The Bertz CT molecular complexity index is 614. The van der Waals surface area contributed by atoms with Gasteiger partial charge < -0.3 is 10.5 Å². The molecule has 0 saturated carbocycles. The van der Waals surface area contributed by atoms with Crippen molar-refractivity contribution >= 4 is 21.8 Å². The number of carbonyl (C=O) groups excluding carboxylic acids is 1. The minimum atomic E-state index is -0.466. The zero-order chi connectivity index (χ0) is 14.5. The predicted molar refractivity (Wildman–Crippen MR) is 78.8 cm³/mol. The first kappa shape index (κ1) is 14.5. The Kier molecular flexibility index (Phi) is 4.68. The van der Waals surface area contributed by atoms with E-state index in [1.54, 1.807) is 30.3 Å². The predicted octanol–water partition coefficient (Wildman–Crippen LogP) is 3.08. The second-order valence-electron chi connectivity index (χ2n) is 4.19. The molecule has 0 aliphatic rings. The smallest absolute Gasteiger partial charge is 0.248 e. The van der Waals surface area contributed by atoms with E-state index in [0.717, 1.165) is 18.7 Å². The Morgan fingerprint density at radius 3 is 2.60 bits per heavy atom. The maximum Gasteiger partial charge on any atom is 0.248 e. The van der Waals surface area contributed by atoms with Crippen molar-refractivity contribution in [3.63, 3.8) is 0 Å². The summed E-state index contributed by atoms with van der Waals surface area (Å²) in [5.74, 6) is 1.31. The monoisotopic (exact) mass is 335 g/mol. The van der Waals surface area contributed by atoms with E-state index in [9.17, 15) is 4.79 Å². The molecule has 0 spiro atoms. The van der Waals surface area contributed by atoms with Crippen LogP contribution in [0.1, 0.15) is 29.5 Å². The lowest BCUT2D eigenvalue weighted by atomic mass is 10.2. The number of halogens is 1. The van der Waals surface area contributed by atoms with Crippen LogP contribution in [0.25, 0.3) is 0 Å². The molecule has 5 nitrogen and oxygen atoms in total. The van der Waals surface area contributed by atoms with Gasteiger partial charge >= 0.3 is 0 Å². The zero-order valence-electron chi connectivity index (χ0n) is 11.0. The van der Waals surface area contributed by atoms with Crippen LogP contribution in [0.15, 0.2) is 34.9 Å². The van der Waals surface area contributed by atoms with E-state index in [-0.39, 0.29) is 0 Å². The van der Waals surface area contributed by atoms with Gasteiger partial charge in [-0.3, -0.25) is 4.79 Å². The van der Waals surface area contributed by atoms with Crippen LogP contribution in [-0.4, -0.2) is 15.9 Å². The maximum absolute atomic E-state index is 11.0. The topological polar surface area (TPSA) is 78.1 Å². The van der Waals surface area contributed by atoms with Gasteiger partial charge in [0.2, 0.25) is 11.8 Å². The first-order valence-corrected chi connectivity index (χ1v) is 6.99. The van der Waals surface area contributed by atoms with E-state index in [4.69, 9.17) is 10.5 Å². The SMILES string of the molecule is CCCc1nc(Br)cc(Oc2ccc(C(N)=O)cc2)n1. The second-order valence-corrected chi connectivity index (χ2v) is 5.00. The van der Waals surface area contributed by atoms with Gasteiger partial charge in [-0.05, 0) is 46.6 Å². The molecule has 104 valence electrons. The van der Waals surface area contributed by atoms with Crippen molar-refractivity contribution in [2.75, 3.05) is 0 Å². The van der Waals surface area contributed by atoms with Gasteiger partial charge in [-0.2, -0.15) is 4.98 Å². The van der Waals surface area contributed by atoms with Crippen molar-refractivity contribution in [2.45, 2.75) is 19.8 Å². The van der Waals surface area contributed by atoms with Crippen molar-refractivity contribution in [1.29, 1.82) is 0 Å². The highest BCUT2D eigenvalue weighted by Crippen LogP contribution is 2.22. The second kappa shape index (κ2) is 6.47. The number of hydrogen-bond acceptors (Lipinski definition) is 4. The van der Waals surface area contributed by atoms with Crippen LogP contribution in [0.2, 0.25) is 0 Å². The number of aryl methyl sites for hydroxylation is 1. The molecule has 0 aliphatic carbocycles. The Labute approximate surface area is 125 Å². The van der Waals surface area contributed by atoms with Crippen LogP contribution in [0, 0.1) is 0 Å². The molecule has 0 unspecified atom stereocenters. The molecule has 1 amide bonds. The van der Waals surface area contributed by atoms with Crippen molar-refractivity contribution in [3.8, 4) is 11.6 Å². The normalized spacial score (nSPS) is 10.3. The first-order chi connectivity index (χ1) is 9.58. The summed E-state index contributed by atoms with van der Waals surface area (Å²) in [6, 6.07) is 8.27. The standard InChI is InChI=1S/C14H14BrN3O2/c1-2-3-12-17-11(15)8-13(18-12)20-10-6-4-9(5-7-10)14(16)19/h4-8H,2-3H2,1H3,(H2,16,19). The van der Waals surface area contributed by atoms with Crippen LogP contribution in [0.5, 0.6) is 11.6 Å². The number of rotatable bonds is 5. The molecule has 0 radical (unpaired) electrons. The Morgan fingerprint density at radius 2 is 2.00 bits per heavy atom. The number of carbonyl (C=O) groups is 1. The van der Waals surface area contributed by atoms with Crippen molar-refractivity contribution < 1.29 is 9.53 Å². The molecule has 20 heavy (non-hydrogen) atoms. The van der Waals surface area contributed by atoms with Gasteiger partial charge in [0.25, 0.3) is 0 Å². The molecule has 6 heteroatoms. The number of benzene rings is 1. The fraction of sp³-hybridized carbons (Fsp3) is 0.214. The van der Waals surface area contributed by atoms with E-state index in [0.29, 0.717) is 21.8 Å². The van der Waals surface area contributed by atoms with E-state index in [1.165, 1.54) is 0 Å². The van der Waals surface area contributed by atoms with E-state index in [1.807, 2.05) is 0 Å². The molecule has 2 rings (SSSR count). The van der Waals surface area contributed by atoms with Crippen LogP contribution in [0.4, 0.5) is 0 Å². The fourth-order valence-corrected chi connectivity index (χ4v) is 2.04. The van der Waals surface area contributed by atoms with Gasteiger partial charge in [0, 0.05) is 18.1 Å². The van der Waals surface area contributed by atoms with Gasteiger partial charge in [0.1, 0.15) is 16.2 Å². The van der Waals surface area contributed by atoms with Crippen LogP contribution >= 0.6 is 15.9 Å². The molecular formula is C14H14BrN3O2. The summed E-state index contributed by atoms with van der Waals surface area (Å²) in [5.41, 5.74) is 5.62. The maximum atomic E-state index is 11.0. The Balaban J connectivity index is 2.18. The molecule has 0 atom stereocenters. The van der Waals surface area contributed by atoms with Crippen LogP contribution in [0.3, 0.4) is 0 Å². The summed E-state index contributed by atoms with van der Waals surface area (Å²) >= 11 is 3.33. The third-order valence-electron chi connectivity index (χ3n) is 2.55. The number of nitrogens with zero attached hydrogens (tertiary/aromatic N) is 2. The van der Waals surface area contributed by atoms with Gasteiger partial charge in [0.05, 0.1) is 0 Å². The summed E-state index contributed by atoms with van der Waals surface area (Å²) in [5, 5.41) is 0. The Hall–Kier alpha value is -1.95. The fourth-order valence-electron chi connectivity index (χ4n) is 1.64. The highest BCUT2D eigenvalue weighted by Gasteiger charge is 2.06. The molecular weight excluding hydrogens is 322 g/mol. The van der Waals surface area contributed by atoms with E-state index < -0.39 is 5.91 Å². The molecule has 2 N–H and O–H groups in total. The molecule has 1 aromatic heterocycles. The van der Waals surface area contributed by atoms with Crippen molar-refractivity contribution in [2.24, 2.45) is 5.73 Å². The number of hydrogen-bond donors (Lipinski definition) is 1. The highest BCUT2D eigenvalue weighted by molar-refractivity contribution is 9.10. The molecule has 1 heterocycles. The Morgan fingerprint density at radius 1 is 1.30 bits per heavy atom. The van der Waals surface area contributed by atoms with Crippen molar-refractivity contribution in [1.82, 2.24) is 9.97 Å². The number of amides is 1. The molecule has 0 bridgehead atoms. The third kappa shape index (κ3) is 3.77. The quantitative estimate of drug-likeness (QED) is 0.851. The zero-order valence-corrected chi connectivity index (χ0v) is 12.6. The third-order valence-corrected chi connectivity index (χ3v) is 2.96. The van der Waals surface area contributed by atoms with E-state index >= 15 is 0 Å². The lowest BCUT2D eigenvalue weighted by Gasteiger charge is -2.07. The molecule has 2 aromatic rings.